The number of hydrogen-bond acceptors (Lipinski definition) is 3. The zero-order chi connectivity index (χ0) is 17.0. The molecular formula is C15H20F3N3O2. The van der Waals surface area contributed by atoms with Crippen LogP contribution in [-0.2, 0) is 10.9 Å². The molecule has 2 amide bonds. The summed E-state index contributed by atoms with van der Waals surface area (Å²) < 4.78 is 44.2. The lowest BCUT2D eigenvalue weighted by molar-refractivity contribution is -0.136. The van der Waals surface area contributed by atoms with Crippen LogP contribution in [0.1, 0.15) is 18.4 Å². The van der Waals surface area contributed by atoms with E-state index in [1.165, 1.54) is 23.1 Å². The van der Waals surface area contributed by atoms with E-state index in [1.807, 2.05) is 0 Å². The van der Waals surface area contributed by atoms with E-state index in [2.05, 4.69) is 5.32 Å². The molecule has 23 heavy (non-hydrogen) atoms. The second-order valence-corrected chi connectivity index (χ2v) is 5.44. The fourth-order valence-corrected chi connectivity index (χ4v) is 2.75. The predicted octanol–water partition coefficient (Wildman–Crippen LogP) is 2.68. The number of para-hydroxylation sites is 1. The Kier molecular flexibility index (Phi) is 5.48. The van der Waals surface area contributed by atoms with Gasteiger partial charge in [0.1, 0.15) is 0 Å². The topological polar surface area (TPSA) is 67.6 Å². The first-order chi connectivity index (χ1) is 10.9. The first-order valence-corrected chi connectivity index (χ1v) is 7.33. The number of nitrogens with zero attached hydrogens (tertiary/aromatic N) is 1. The summed E-state index contributed by atoms with van der Waals surface area (Å²) in [6.45, 7) is 0.620. The number of methoxy groups -OCH3 is 1. The molecule has 1 saturated heterocycles. The van der Waals surface area contributed by atoms with E-state index in [0.29, 0.717) is 19.4 Å². The SMILES string of the molecule is COC1CCN(C(=O)Nc2ccccc2C(F)(F)F)C(CN)C1. The molecule has 2 unspecified atom stereocenters. The van der Waals surface area contributed by atoms with Gasteiger partial charge >= 0.3 is 12.2 Å². The van der Waals surface area contributed by atoms with Crippen LogP contribution in [0.2, 0.25) is 0 Å². The van der Waals surface area contributed by atoms with Gasteiger partial charge in [0, 0.05) is 26.2 Å². The van der Waals surface area contributed by atoms with Crippen molar-refractivity contribution in [2.75, 3.05) is 25.5 Å². The molecule has 0 aliphatic carbocycles. The number of piperidine rings is 1. The number of nitrogens with one attached hydrogen (secondary N) is 1. The Balaban J connectivity index is 2.13. The van der Waals surface area contributed by atoms with Crippen molar-refractivity contribution in [2.45, 2.75) is 31.2 Å². The molecule has 5 nitrogen and oxygen atoms in total. The van der Waals surface area contributed by atoms with Gasteiger partial charge in [-0.2, -0.15) is 13.2 Å². The maximum atomic E-state index is 13.0. The number of amides is 2. The van der Waals surface area contributed by atoms with Crippen molar-refractivity contribution in [3.63, 3.8) is 0 Å². The summed E-state index contributed by atoms with van der Waals surface area (Å²) in [6.07, 6.45) is -3.32. The number of alkyl halides is 3. The number of anilines is 1. The van der Waals surface area contributed by atoms with Crippen molar-refractivity contribution in [1.29, 1.82) is 0 Å². The summed E-state index contributed by atoms with van der Waals surface area (Å²) in [7, 11) is 1.59. The van der Waals surface area contributed by atoms with Crippen molar-refractivity contribution in [2.24, 2.45) is 5.73 Å². The zero-order valence-corrected chi connectivity index (χ0v) is 12.8. The van der Waals surface area contributed by atoms with Crippen molar-refractivity contribution >= 4 is 11.7 Å². The molecule has 1 aliphatic rings. The molecule has 1 aromatic rings. The Hall–Kier alpha value is -1.80. The summed E-state index contributed by atoms with van der Waals surface area (Å²) in [4.78, 5) is 13.8. The number of urea groups is 1. The number of likely N-dealkylation sites (tertiary alicyclic amines) is 1. The first kappa shape index (κ1) is 17.6. The van der Waals surface area contributed by atoms with Crippen LogP contribution < -0.4 is 11.1 Å². The molecule has 0 saturated carbocycles. The maximum Gasteiger partial charge on any atom is 0.418 e. The first-order valence-electron chi connectivity index (χ1n) is 7.33. The number of hydrogen-bond donors (Lipinski definition) is 2. The summed E-state index contributed by atoms with van der Waals surface area (Å²) in [6, 6.07) is 4.07. The molecule has 128 valence electrons. The fraction of sp³-hybridized carbons (Fsp3) is 0.533. The normalized spacial score (nSPS) is 22.0. The third-order valence-corrected chi connectivity index (χ3v) is 4.01. The van der Waals surface area contributed by atoms with Gasteiger partial charge in [0.2, 0.25) is 0 Å². The Morgan fingerprint density at radius 1 is 1.43 bits per heavy atom. The van der Waals surface area contributed by atoms with Crippen molar-refractivity contribution in [3.05, 3.63) is 29.8 Å². The summed E-state index contributed by atoms with van der Waals surface area (Å²) in [5.41, 5.74) is 4.56. The van der Waals surface area contributed by atoms with Gasteiger partial charge in [0.15, 0.2) is 0 Å². The molecule has 0 aromatic heterocycles. The monoisotopic (exact) mass is 331 g/mol. The summed E-state index contributed by atoms with van der Waals surface area (Å²) in [5.74, 6) is 0. The number of halogens is 3. The number of ether oxygens (including phenoxy) is 1. The molecule has 0 bridgehead atoms. The van der Waals surface area contributed by atoms with Gasteiger partial charge in [-0.1, -0.05) is 12.1 Å². The summed E-state index contributed by atoms with van der Waals surface area (Å²) >= 11 is 0. The van der Waals surface area contributed by atoms with Gasteiger partial charge in [-0.05, 0) is 25.0 Å². The number of carbonyl (C=O) groups excluding carboxylic acids is 1. The molecule has 1 fully saturated rings. The molecule has 1 heterocycles. The predicted molar refractivity (Wildman–Crippen MR) is 80.0 cm³/mol. The van der Waals surface area contributed by atoms with Crippen LogP contribution in [0.25, 0.3) is 0 Å². The van der Waals surface area contributed by atoms with Gasteiger partial charge in [-0.15, -0.1) is 0 Å². The minimum atomic E-state index is -4.53. The van der Waals surface area contributed by atoms with Crippen molar-refractivity contribution < 1.29 is 22.7 Å². The highest BCUT2D eigenvalue weighted by molar-refractivity contribution is 5.90. The highest BCUT2D eigenvalue weighted by Crippen LogP contribution is 2.34. The number of carbonyl (C=O) groups is 1. The van der Waals surface area contributed by atoms with E-state index in [9.17, 15) is 18.0 Å². The smallest absolute Gasteiger partial charge is 0.381 e. The Bertz CT molecular complexity index is 551. The largest absolute Gasteiger partial charge is 0.418 e. The van der Waals surface area contributed by atoms with Crippen LogP contribution in [0, 0.1) is 0 Å². The van der Waals surface area contributed by atoms with Crippen molar-refractivity contribution in [1.82, 2.24) is 4.90 Å². The highest BCUT2D eigenvalue weighted by Gasteiger charge is 2.35. The maximum absolute atomic E-state index is 13.0. The molecule has 1 aliphatic heterocycles. The fourth-order valence-electron chi connectivity index (χ4n) is 2.75. The van der Waals surface area contributed by atoms with Crippen LogP contribution in [0.5, 0.6) is 0 Å². The molecule has 3 N–H and O–H groups in total. The molecular weight excluding hydrogens is 311 g/mol. The number of rotatable bonds is 3. The van der Waals surface area contributed by atoms with Crippen LogP contribution in [0.4, 0.5) is 23.7 Å². The van der Waals surface area contributed by atoms with Crippen LogP contribution in [0.15, 0.2) is 24.3 Å². The van der Waals surface area contributed by atoms with Crippen molar-refractivity contribution in [3.8, 4) is 0 Å². The standard InChI is InChI=1S/C15H20F3N3O2/c1-23-11-6-7-21(10(8-11)9-19)14(22)20-13-5-3-2-4-12(13)15(16,17)18/h2-5,10-11H,6-9,19H2,1H3,(H,20,22). The molecule has 2 rings (SSSR count). The second kappa shape index (κ2) is 7.18. The Morgan fingerprint density at radius 3 is 2.74 bits per heavy atom. The second-order valence-electron chi connectivity index (χ2n) is 5.44. The third kappa shape index (κ3) is 4.14. The van der Waals surface area contributed by atoms with Gasteiger partial charge < -0.3 is 20.7 Å². The van der Waals surface area contributed by atoms with E-state index in [-0.39, 0.29) is 24.4 Å². The average molecular weight is 331 g/mol. The van der Waals surface area contributed by atoms with Gasteiger partial charge in [0.05, 0.1) is 17.4 Å². The van der Waals surface area contributed by atoms with Crippen LogP contribution in [-0.4, -0.2) is 43.3 Å². The van der Waals surface area contributed by atoms with E-state index < -0.39 is 17.8 Å². The van der Waals surface area contributed by atoms with Gasteiger partial charge in [-0.3, -0.25) is 0 Å². The Labute approximate surface area is 132 Å². The van der Waals surface area contributed by atoms with Gasteiger partial charge in [0.25, 0.3) is 0 Å². The summed E-state index contributed by atoms with van der Waals surface area (Å²) in [5, 5.41) is 2.35. The van der Waals surface area contributed by atoms with Gasteiger partial charge in [-0.25, -0.2) is 4.79 Å². The average Bonchev–Trinajstić information content (AvgIpc) is 2.53. The third-order valence-electron chi connectivity index (χ3n) is 4.01. The molecule has 0 spiro atoms. The minimum absolute atomic E-state index is 0.00932. The highest BCUT2D eigenvalue weighted by atomic mass is 19.4. The lowest BCUT2D eigenvalue weighted by Gasteiger charge is -2.38. The molecule has 1 aromatic carbocycles. The van der Waals surface area contributed by atoms with E-state index in [1.54, 1.807) is 7.11 Å². The number of benzene rings is 1. The molecule has 8 heteroatoms. The quantitative estimate of drug-likeness (QED) is 0.895. The zero-order valence-electron chi connectivity index (χ0n) is 12.8. The molecule has 2 atom stereocenters. The van der Waals surface area contributed by atoms with E-state index in [0.717, 1.165) is 6.07 Å². The number of nitrogens with two attached hydrogens (primary N) is 1. The Morgan fingerprint density at radius 2 is 2.13 bits per heavy atom. The van der Waals surface area contributed by atoms with E-state index in [4.69, 9.17) is 10.5 Å². The minimum Gasteiger partial charge on any atom is -0.381 e. The molecule has 0 radical (unpaired) electrons. The van der Waals surface area contributed by atoms with E-state index >= 15 is 0 Å². The van der Waals surface area contributed by atoms with Crippen LogP contribution >= 0.6 is 0 Å². The van der Waals surface area contributed by atoms with Crippen LogP contribution in [0.3, 0.4) is 0 Å². The lowest BCUT2D eigenvalue weighted by Crippen LogP contribution is -2.52. The lowest BCUT2D eigenvalue weighted by atomic mass is 10.00.